The number of phosphoric ester groups is 2. The molecule has 40 heavy (non-hydrogen) atoms. The quantitative estimate of drug-likeness (QED) is 0.278. The van der Waals surface area contributed by atoms with Gasteiger partial charge in [0.15, 0.2) is 0 Å². The normalized spacial score (nSPS) is 13.6. The van der Waals surface area contributed by atoms with Crippen LogP contribution in [0.5, 0.6) is 11.5 Å². The minimum atomic E-state index is -4.85. The van der Waals surface area contributed by atoms with Gasteiger partial charge in [0.05, 0.1) is 0 Å². The Bertz CT molecular complexity index is 1220. The first-order valence-corrected chi connectivity index (χ1v) is 16.0. The van der Waals surface area contributed by atoms with Crippen molar-refractivity contribution in [1.29, 1.82) is 0 Å². The summed E-state index contributed by atoms with van der Waals surface area (Å²) in [5, 5.41) is 0. The Hall–Kier alpha value is -0.660. The third-order valence-electron chi connectivity index (χ3n) is 6.45. The Morgan fingerprint density at radius 1 is 0.575 bits per heavy atom. The number of hydrogen-bond donors (Lipinski definition) is 4. The molecule has 0 aliphatic rings. The van der Waals surface area contributed by atoms with Gasteiger partial charge in [-0.05, 0) is 62.5 Å². The summed E-state index contributed by atoms with van der Waals surface area (Å²) in [4.78, 5) is 38.9. The molecule has 2 aromatic rings. The Morgan fingerprint density at radius 3 is 1.05 bits per heavy atom. The second kappa shape index (κ2) is 12.1. The van der Waals surface area contributed by atoms with E-state index in [1.54, 1.807) is 12.1 Å². The standard InChI is InChI=1S/C29H46O8P2.Na.H/c1-26(2,3)20-13-15-22(36-38(30,31)32)24(28(7,8)9)18(20)17-19-21(27(4,5)6)14-16-23(37-39(33,34)35)25(19)29(10,11)12;;/h13-16H,17H2,1-12H3,(H2,30,31,32)(H2,33,34,35);;/q;+1;-1. The molecule has 4 N–H and O–H groups in total. The summed E-state index contributed by atoms with van der Waals surface area (Å²) in [6.07, 6.45) is 0.329. The third-order valence-corrected chi connectivity index (χ3v) is 7.32. The maximum atomic E-state index is 12.0. The van der Waals surface area contributed by atoms with Gasteiger partial charge in [-0.3, -0.25) is 19.6 Å². The molecule has 2 aromatic carbocycles. The molecule has 11 heteroatoms. The van der Waals surface area contributed by atoms with Gasteiger partial charge in [-0.2, -0.15) is 0 Å². The van der Waals surface area contributed by atoms with Gasteiger partial charge in [-0.25, -0.2) is 9.13 Å². The summed E-state index contributed by atoms with van der Waals surface area (Å²) in [6, 6.07) is 6.93. The molecule has 2 rings (SSSR count). The summed E-state index contributed by atoms with van der Waals surface area (Å²) in [6.45, 7) is 24.2. The van der Waals surface area contributed by atoms with Gasteiger partial charge in [0.25, 0.3) is 0 Å². The molecule has 0 aromatic heterocycles. The van der Waals surface area contributed by atoms with E-state index in [0.717, 1.165) is 22.3 Å². The van der Waals surface area contributed by atoms with E-state index in [1.165, 1.54) is 0 Å². The van der Waals surface area contributed by atoms with Crippen LogP contribution < -0.4 is 38.6 Å². The monoisotopic (exact) mass is 608 g/mol. The Labute approximate surface area is 263 Å². The third kappa shape index (κ3) is 9.69. The summed E-state index contributed by atoms with van der Waals surface area (Å²) >= 11 is 0. The second-order valence-electron chi connectivity index (χ2n) is 14.3. The molecule has 0 saturated heterocycles. The van der Waals surface area contributed by atoms with Crippen LogP contribution in [0.2, 0.25) is 0 Å². The van der Waals surface area contributed by atoms with Crippen molar-refractivity contribution in [3.8, 4) is 11.5 Å². The minimum absolute atomic E-state index is 0. The Morgan fingerprint density at radius 2 is 0.850 bits per heavy atom. The van der Waals surface area contributed by atoms with Crippen LogP contribution in [0.25, 0.3) is 0 Å². The second-order valence-corrected chi connectivity index (χ2v) is 16.6. The van der Waals surface area contributed by atoms with E-state index in [4.69, 9.17) is 9.05 Å². The van der Waals surface area contributed by atoms with E-state index in [2.05, 4.69) is 41.5 Å². The zero-order valence-corrected chi connectivity index (χ0v) is 30.1. The van der Waals surface area contributed by atoms with Crippen molar-refractivity contribution in [2.75, 3.05) is 0 Å². The molecule has 0 atom stereocenters. The largest absolute Gasteiger partial charge is 1.00 e. The van der Waals surface area contributed by atoms with Crippen molar-refractivity contribution in [1.82, 2.24) is 0 Å². The summed E-state index contributed by atoms with van der Waals surface area (Å²) < 4.78 is 34.4. The van der Waals surface area contributed by atoms with Crippen LogP contribution in [-0.2, 0) is 37.2 Å². The van der Waals surface area contributed by atoms with Crippen LogP contribution in [0.15, 0.2) is 24.3 Å². The van der Waals surface area contributed by atoms with E-state index in [9.17, 15) is 28.7 Å². The first kappa shape index (κ1) is 37.4. The van der Waals surface area contributed by atoms with E-state index >= 15 is 0 Å². The zero-order chi connectivity index (χ0) is 30.6. The first-order valence-electron chi connectivity index (χ1n) is 13.0. The summed E-state index contributed by atoms with van der Waals surface area (Å²) in [5.74, 6) is 0.215. The molecule has 0 heterocycles. The molecule has 0 bridgehead atoms. The molecular formula is C29H47NaO8P2. The topological polar surface area (TPSA) is 134 Å². The van der Waals surface area contributed by atoms with Crippen LogP contribution in [-0.4, -0.2) is 19.6 Å². The molecule has 8 nitrogen and oxygen atoms in total. The Balaban J connectivity index is 0.00000800. The predicted molar refractivity (Wildman–Crippen MR) is 157 cm³/mol. The SMILES string of the molecule is CC(C)(C)c1ccc(OP(=O)(O)O)c(C(C)(C)C)c1Cc1c(C(C)(C)C)ccc(OP(=O)(O)O)c1C(C)(C)C.[H-].[Na+]. The van der Waals surface area contributed by atoms with E-state index < -0.39 is 26.5 Å². The molecule has 0 spiro atoms. The van der Waals surface area contributed by atoms with Crippen molar-refractivity contribution in [3.63, 3.8) is 0 Å². The average molecular weight is 609 g/mol. The minimum Gasteiger partial charge on any atom is -1.00 e. The summed E-state index contributed by atoms with van der Waals surface area (Å²) in [5.41, 5.74) is 3.20. The molecule has 0 unspecified atom stereocenters. The van der Waals surface area contributed by atoms with Crippen LogP contribution in [0.4, 0.5) is 0 Å². The fourth-order valence-corrected chi connectivity index (χ4v) is 6.07. The number of phosphoric acid groups is 2. The van der Waals surface area contributed by atoms with Crippen molar-refractivity contribution in [2.45, 2.75) is 111 Å². The number of benzene rings is 2. The maximum Gasteiger partial charge on any atom is 1.00 e. The van der Waals surface area contributed by atoms with Crippen LogP contribution in [0.3, 0.4) is 0 Å². The number of rotatable bonds is 6. The van der Waals surface area contributed by atoms with Gasteiger partial charge >= 0.3 is 45.2 Å². The van der Waals surface area contributed by atoms with Crippen LogP contribution >= 0.6 is 15.6 Å². The molecule has 0 radical (unpaired) electrons. The van der Waals surface area contributed by atoms with Gasteiger partial charge in [0, 0.05) is 11.1 Å². The van der Waals surface area contributed by atoms with Crippen LogP contribution in [0.1, 0.15) is 118 Å². The fraction of sp³-hybridized carbons (Fsp3) is 0.586. The molecule has 0 aliphatic heterocycles. The zero-order valence-electron chi connectivity index (χ0n) is 27.3. The summed E-state index contributed by atoms with van der Waals surface area (Å²) in [7, 11) is -9.70. The van der Waals surface area contributed by atoms with Crippen molar-refractivity contribution in [3.05, 3.63) is 57.6 Å². The van der Waals surface area contributed by atoms with Crippen molar-refractivity contribution in [2.24, 2.45) is 0 Å². The van der Waals surface area contributed by atoms with Gasteiger partial charge in [-0.1, -0.05) is 95.2 Å². The maximum absolute atomic E-state index is 12.0. The smallest absolute Gasteiger partial charge is 1.00 e. The average Bonchev–Trinajstić information content (AvgIpc) is 2.61. The van der Waals surface area contributed by atoms with Crippen molar-refractivity contribution >= 4 is 15.6 Å². The molecular weight excluding hydrogens is 561 g/mol. The molecule has 0 fully saturated rings. The fourth-order valence-electron chi connectivity index (χ4n) is 5.25. The van der Waals surface area contributed by atoms with Crippen molar-refractivity contribution < 1.29 is 68.7 Å². The molecule has 0 saturated carbocycles. The predicted octanol–water partition coefficient (Wildman–Crippen LogP) is 4.53. The van der Waals surface area contributed by atoms with E-state index in [1.807, 2.05) is 53.7 Å². The Kier molecular flexibility index (Phi) is 11.3. The van der Waals surface area contributed by atoms with Gasteiger partial charge in [0.2, 0.25) is 0 Å². The molecule has 0 amide bonds. The number of hydrogen-bond acceptors (Lipinski definition) is 4. The molecule has 222 valence electrons. The van der Waals surface area contributed by atoms with Gasteiger partial charge in [-0.15, -0.1) is 0 Å². The molecule has 0 aliphatic carbocycles. The van der Waals surface area contributed by atoms with Gasteiger partial charge in [0.1, 0.15) is 11.5 Å². The first-order chi connectivity index (χ1) is 17.1. The van der Waals surface area contributed by atoms with Gasteiger partial charge < -0.3 is 10.5 Å². The van der Waals surface area contributed by atoms with Crippen LogP contribution in [0, 0.1) is 0 Å². The van der Waals surface area contributed by atoms with E-state index in [0.29, 0.717) is 17.5 Å². The van der Waals surface area contributed by atoms with E-state index in [-0.39, 0.29) is 53.3 Å².